The second-order valence-electron chi connectivity index (χ2n) is 4.02. The number of hydrogen-bond acceptors (Lipinski definition) is 5. The van der Waals surface area contributed by atoms with Crippen molar-refractivity contribution in [2.24, 2.45) is 0 Å². The minimum atomic E-state index is -0.468. The Kier molecular flexibility index (Phi) is 4.44. The van der Waals surface area contributed by atoms with Gasteiger partial charge in [0.1, 0.15) is 11.8 Å². The minimum absolute atomic E-state index is 0.0755. The number of rotatable bonds is 4. The fourth-order valence-electron chi connectivity index (χ4n) is 1.77. The zero-order valence-corrected chi connectivity index (χ0v) is 13.2. The summed E-state index contributed by atoms with van der Waals surface area (Å²) in [6.45, 7) is 2.04. The van der Waals surface area contributed by atoms with Crippen LogP contribution in [0.1, 0.15) is 32.8 Å². The second kappa shape index (κ2) is 5.90. The summed E-state index contributed by atoms with van der Waals surface area (Å²) in [6, 6.07) is 5.43. The average molecular weight is 344 g/mol. The van der Waals surface area contributed by atoms with Gasteiger partial charge >= 0.3 is 5.97 Å². The van der Waals surface area contributed by atoms with Gasteiger partial charge in [-0.15, -0.1) is 11.3 Å². The van der Waals surface area contributed by atoms with E-state index >= 15 is 0 Å². The maximum absolute atomic E-state index is 11.4. The molecule has 19 heavy (non-hydrogen) atoms. The van der Waals surface area contributed by atoms with E-state index in [4.69, 9.17) is 4.42 Å². The molecule has 0 bridgehead atoms. The Morgan fingerprint density at radius 1 is 1.53 bits per heavy atom. The van der Waals surface area contributed by atoms with Gasteiger partial charge < -0.3 is 14.5 Å². The van der Waals surface area contributed by atoms with E-state index in [1.807, 2.05) is 14.0 Å². The molecule has 1 unspecified atom stereocenters. The normalized spacial score (nSPS) is 12.4. The van der Waals surface area contributed by atoms with Crippen LogP contribution >= 0.6 is 27.3 Å². The molecular formula is C13H14BrNO3S. The van der Waals surface area contributed by atoms with E-state index in [0.717, 1.165) is 8.66 Å². The van der Waals surface area contributed by atoms with Gasteiger partial charge in [-0.1, -0.05) is 0 Å². The maximum Gasteiger partial charge on any atom is 0.373 e. The summed E-state index contributed by atoms with van der Waals surface area (Å²) in [5.41, 5.74) is 1.18. The highest BCUT2D eigenvalue weighted by atomic mass is 79.9. The molecule has 1 N–H and O–H groups in total. The summed E-state index contributed by atoms with van der Waals surface area (Å²) >= 11 is 5.16. The number of hydrogen-bond donors (Lipinski definition) is 1. The van der Waals surface area contributed by atoms with Crippen LogP contribution in [0.2, 0.25) is 0 Å². The van der Waals surface area contributed by atoms with Crippen molar-refractivity contribution in [2.75, 3.05) is 14.2 Å². The average Bonchev–Trinajstić information content (AvgIpc) is 2.99. The van der Waals surface area contributed by atoms with Crippen molar-refractivity contribution in [1.82, 2.24) is 5.32 Å². The molecular weight excluding hydrogens is 330 g/mol. The third kappa shape index (κ3) is 2.91. The zero-order chi connectivity index (χ0) is 14.0. The molecule has 4 nitrogen and oxygen atoms in total. The summed E-state index contributed by atoms with van der Waals surface area (Å²) in [4.78, 5) is 12.5. The lowest BCUT2D eigenvalue weighted by Crippen LogP contribution is -2.15. The number of carbonyl (C=O) groups is 1. The molecule has 0 aliphatic heterocycles. The van der Waals surface area contributed by atoms with E-state index in [-0.39, 0.29) is 11.8 Å². The molecule has 0 saturated heterocycles. The number of esters is 1. The lowest BCUT2D eigenvalue weighted by Gasteiger charge is -2.11. The topological polar surface area (TPSA) is 51.5 Å². The Morgan fingerprint density at radius 3 is 2.79 bits per heavy atom. The van der Waals surface area contributed by atoms with Gasteiger partial charge in [0, 0.05) is 4.88 Å². The van der Waals surface area contributed by atoms with E-state index in [2.05, 4.69) is 32.0 Å². The van der Waals surface area contributed by atoms with Gasteiger partial charge in [-0.2, -0.15) is 0 Å². The molecule has 0 aliphatic rings. The summed E-state index contributed by atoms with van der Waals surface area (Å²) < 4.78 is 11.3. The SMILES string of the molecule is CNC(c1ccc(C(=O)OC)o1)c1cc(C)c(Br)s1. The maximum atomic E-state index is 11.4. The largest absolute Gasteiger partial charge is 0.463 e. The summed E-state index contributed by atoms with van der Waals surface area (Å²) in [7, 11) is 3.19. The Labute approximate surface area is 123 Å². The first kappa shape index (κ1) is 14.3. The highest BCUT2D eigenvalue weighted by Gasteiger charge is 2.21. The quantitative estimate of drug-likeness (QED) is 0.863. The lowest BCUT2D eigenvalue weighted by molar-refractivity contribution is 0.0562. The molecule has 2 aromatic heterocycles. The molecule has 0 spiro atoms. The van der Waals surface area contributed by atoms with Crippen LogP contribution in [0.5, 0.6) is 0 Å². The smallest absolute Gasteiger partial charge is 0.373 e. The Balaban J connectivity index is 2.31. The third-order valence-corrected chi connectivity index (χ3v) is 4.95. The Morgan fingerprint density at radius 2 is 2.26 bits per heavy atom. The van der Waals surface area contributed by atoms with Gasteiger partial charge in [0.05, 0.1) is 10.9 Å². The fraction of sp³-hybridized carbons (Fsp3) is 0.308. The predicted molar refractivity (Wildman–Crippen MR) is 77.7 cm³/mol. The number of thiophene rings is 1. The molecule has 0 aliphatic carbocycles. The molecule has 0 fully saturated rings. The first-order valence-electron chi connectivity index (χ1n) is 5.68. The van der Waals surface area contributed by atoms with Crippen LogP contribution in [-0.2, 0) is 4.74 Å². The van der Waals surface area contributed by atoms with E-state index in [1.54, 1.807) is 23.5 Å². The lowest BCUT2D eigenvalue weighted by atomic mass is 10.2. The standard InChI is InChI=1S/C13H14BrNO3S/c1-7-6-10(19-12(7)14)11(15-2)8-4-5-9(18-8)13(16)17-3/h4-6,11,15H,1-3H3. The number of carbonyl (C=O) groups excluding carboxylic acids is 1. The second-order valence-corrected chi connectivity index (χ2v) is 6.42. The van der Waals surface area contributed by atoms with Crippen LogP contribution in [0.3, 0.4) is 0 Å². The number of nitrogens with one attached hydrogen (secondary N) is 1. The van der Waals surface area contributed by atoms with Crippen molar-refractivity contribution < 1.29 is 13.9 Å². The number of aryl methyl sites for hydroxylation is 1. The van der Waals surface area contributed by atoms with Crippen LogP contribution in [-0.4, -0.2) is 20.1 Å². The third-order valence-electron chi connectivity index (χ3n) is 2.75. The molecule has 0 radical (unpaired) electrons. The molecule has 0 amide bonds. The molecule has 0 aromatic carbocycles. The van der Waals surface area contributed by atoms with E-state index < -0.39 is 5.97 Å². The fourth-order valence-corrected chi connectivity index (χ4v) is 3.46. The van der Waals surface area contributed by atoms with Crippen molar-refractivity contribution >= 4 is 33.2 Å². The Bertz CT molecular complexity index is 571. The monoisotopic (exact) mass is 343 g/mol. The van der Waals surface area contributed by atoms with Gasteiger partial charge in [-0.05, 0) is 53.7 Å². The molecule has 6 heteroatoms. The number of ether oxygens (including phenoxy) is 1. The zero-order valence-electron chi connectivity index (χ0n) is 10.8. The highest BCUT2D eigenvalue weighted by Crippen LogP contribution is 2.34. The predicted octanol–water partition coefficient (Wildman–Crippen LogP) is 3.51. The van der Waals surface area contributed by atoms with Gasteiger partial charge in [-0.25, -0.2) is 4.79 Å². The molecule has 2 rings (SSSR count). The molecule has 1 atom stereocenters. The van der Waals surface area contributed by atoms with Gasteiger partial charge in [0.25, 0.3) is 0 Å². The highest BCUT2D eigenvalue weighted by molar-refractivity contribution is 9.11. The first-order valence-corrected chi connectivity index (χ1v) is 7.29. The number of halogens is 1. The summed E-state index contributed by atoms with van der Waals surface area (Å²) in [5, 5.41) is 3.19. The van der Waals surface area contributed by atoms with Gasteiger partial charge in [0.15, 0.2) is 0 Å². The summed E-state index contributed by atoms with van der Waals surface area (Å²) in [5.74, 6) is 0.436. The van der Waals surface area contributed by atoms with Crippen LogP contribution in [0.15, 0.2) is 26.4 Å². The van der Waals surface area contributed by atoms with Crippen molar-refractivity contribution in [3.8, 4) is 0 Å². The van der Waals surface area contributed by atoms with Crippen LogP contribution in [0.25, 0.3) is 0 Å². The van der Waals surface area contributed by atoms with Crippen LogP contribution < -0.4 is 5.32 Å². The van der Waals surface area contributed by atoms with Crippen molar-refractivity contribution in [2.45, 2.75) is 13.0 Å². The number of furan rings is 1. The van der Waals surface area contributed by atoms with E-state index in [9.17, 15) is 4.79 Å². The van der Waals surface area contributed by atoms with Gasteiger partial charge in [-0.3, -0.25) is 0 Å². The first-order chi connectivity index (χ1) is 9.06. The molecule has 2 aromatic rings. The van der Waals surface area contributed by atoms with Gasteiger partial charge in [0.2, 0.25) is 5.76 Å². The van der Waals surface area contributed by atoms with Crippen molar-refractivity contribution in [3.63, 3.8) is 0 Å². The Hall–Kier alpha value is -1.11. The van der Waals surface area contributed by atoms with Crippen molar-refractivity contribution in [3.05, 3.63) is 43.9 Å². The van der Waals surface area contributed by atoms with E-state index in [1.165, 1.54) is 12.7 Å². The van der Waals surface area contributed by atoms with Crippen LogP contribution in [0.4, 0.5) is 0 Å². The van der Waals surface area contributed by atoms with E-state index in [0.29, 0.717) is 5.76 Å². The van der Waals surface area contributed by atoms with Crippen molar-refractivity contribution in [1.29, 1.82) is 0 Å². The molecule has 0 saturated carbocycles. The summed E-state index contributed by atoms with van der Waals surface area (Å²) in [6.07, 6.45) is 0. The molecule has 2 heterocycles. The molecule has 102 valence electrons. The minimum Gasteiger partial charge on any atom is -0.463 e. The number of methoxy groups -OCH3 is 1. The van der Waals surface area contributed by atoms with Crippen LogP contribution in [0, 0.1) is 6.92 Å².